The monoisotopic (exact) mass is 547 g/mol. The second kappa shape index (κ2) is 19.9. The van der Waals surface area contributed by atoms with E-state index in [1.165, 1.54) is 77.0 Å². The molecule has 1 atom stereocenters. The summed E-state index contributed by atoms with van der Waals surface area (Å²) in [5.41, 5.74) is 0.181. The van der Waals surface area contributed by atoms with Gasteiger partial charge in [0.25, 0.3) is 5.91 Å². The summed E-state index contributed by atoms with van der Waals surface area (Å²) < 4.78 is 17.7. The number of aliphatic hydroxyl groups is 1. The number of fused-ring (bicyclic) bond motifs is 1. The number of hydrogen-bond donors (Lipinski definition) is 3. The summed E-state index contributed by atoms with van der Waals surface area (Å²) in [6.45, 7) is 2.90. The lowest BCUT2D eigenvalue weighted by Gasteiger charge is -2.14. The van der Waals surface area contributed by atoms with Gasteiger partial charge in [-0.3, -0.25) is 9.00 Å². The van der Waals surface area contributed by atoms with E-state index < -0.39 is 10.8 Å². The number of benzene rings is 2. The van der Waals surface area contributed by atoms with Crippen LogP contribution in [0.3, 0.4) is 0 Å². The molecule has 7 heteroatoms. The van der Waals surface area contributed by atoms with Gasteiger partial charge in [0.1, 0.15) is 11.5 Å². The number of aromatic hydroxyl groups is 1. The van der Waals surface area contributed by atoms with Crippen molar-refractivity contribution in [3.63, 3.8) is 0 Å². The Labute approximate surface area is 232 Å². The number of amides is 1. The summed E-state index contributed by atoms with van der Waals surface area (Å²) >= 11 is 0. The minimum Gasteiger partial charge on any atom is -0.506 e. The molecule has 2 aromatic rings. The maximum atomic E-state index is 12.9. The van der Waals surface area contributed by atoms with Crippen molar-refractivity contribution in [1.82, 2.24) is 5.32 Å². The summed E-state index contributed by atoms with van der Waals surface area (Å²) in [5.74, 6) is 0.594. The second-order valence-electron chi connectivity index (χ2n) is 10.1. The molecule has 2 rings (SSSR count). The van der Waals surface area contributed by atoms with Crippen molar-refractivity contribution in [1.29, 1.82) is 0 Å². The number of aliphatic hydroxyl groups excluding tert-OH is 1. The average molecular weight is 548 g/mol. The molecule has 0 bridgehead atoms. The van der Waals surface area contributed by atoms with E-state index in [1.54, 1.807) is 18.2 Å². The molecule has 0 aliphatic carbocycles. The van der Waals surface area contributed by atoms with Gasteiger partial charge in [-0.25, -0.2) is 0 Å². The molecular weight excluding hydrogens is 498 g/mol. The van der Waals surface area contributed by atoms with E-state index in [4.69, 9.17) is 9.84 Å². The molecule has 0 saturated carbocycles. The highest BCUT2D eigenvalue weighted by molar-refractivity contribution is 7.85. The van der Waals surface area contributed by atoms with Gasteiger partial charge < -0.3 is 20.3 Å². The molecule has 0 aliphatic heterocycles. The Kier molecular flexibility index (Phi) is 16.8. The molecule has 6 nitrogen and oxygen atoms in total. The Morgan fingerprint density at radius 2 is 1.39 bits per heavy atom. The minimum atomic E-state index is -1.16. The molecule has 3 N–H and O–H groups in total. The van der Waals surface area contributed by atoms with Crippen LogP contribution < -0.4 is 10.1 Å². The molecule has 214 valence electrons. The molecule has 0 heterocycles. The molecule has 0 radical (unpaired) electrons. The van der Waals surface area contributed by atoms with Gasteiger partial charge in [0.15, 0.2) is 0 Å². The third kappa shape index (κ3) is 12.2. The molecule has 1 unspecified atom stereocenters. The van der Waals surface area contributed by atoms with Crippen LogP contribution in [0.15, 0.2) is 30.3 Å². The van der Waals surface area contributed by atoms with Crippen LogP contribution in [0.5, 0.6) is 11.5 Å². The Bertz CT molecular complexity index is 965. The standard InChI is InChI=1S/C31H49NO5S/c1-2-3-4-5-6-7-8-9-10-11-12-13-14-17-20-32-31(35)28-25-29(37-22-24-38(36)23-21-33)26-18-15-16-19-27(26)30(28)34/h15-16,18-19,25,33-34H,2-14,17,20-24H2,1H3,(H,32,35). The number of unbranched alkanes of at least 4 members (excludes halogenated alkanes) is 13. The van der Waals surface area contributed by atoms with Crippen LogP contribution in [-0.4, -0.2) is 51.6 Å². The summed E-state index contributed by atoms with van der Waals surface area (Å²) in [6, 6.07) is 8.79. The first-order chi connectivity index (χ1) is 18.6. The highest BCUT2D eigenvalue weighted by atomic mass is 32.2. The highest BCUT2D eigenvalue weighted by Gasteiger charge is 2.18. The summed E-state index contributed by atoms with van der Waals surface area (Å²) in [6.07, 6.45) is 18.0. The summed E-state index contributed by atoms with van der Waals surface area (Å²) in [4.78, 5) is 12.9. The topological polar surface area (TPSA) is 95.9 Å². The maximum absolute atomic E-state index is 12.9. The van der Waals surface area contributed by atoms with E-state index in [0.29, 0.717) is 23.1 Å². The number of ether oxygens (including phenoxy) is 1. The van der Waals surface area contributed by atoms with Crippen molar-refractivity contribution >= 4 is 27.5 Å². The fourth-order valence-corrected chi connectivity index (χ4v) is 5.36. The SMILES string of the molecule is CCCCCCCCCCCCCCCCNC(=O)c1cc(OCCS(=O)CCO)c2ccccc2c1O. The number of rotatable bonds is 22. The van der Waals surface area contributed by atoms with Gasteiger partial charge in [-0.1, -0.05) is 115 Å². The fraction of sp³-hybridized carbons (Fsp3) is 0.645. The van der Waals surface area contributed by atoms with Crippen LogP contribution in [0, 0.1) is 0 Å². The van der Waals surface area contributed by atoms with Crippen molar-refractivity contribution in [3.8, 4) is 11.5 Å². The largest absolute Gasteiger partial charge is 0.506 e. The average Bonchev–Trinajstić information content (AvgIpc) is 2.92. The Balaban J connectivity index is 1.69. The predicted molar refractivity (Wildman–Crippen MR) is 159 cm³/mol. The van der Waals surface area contributed by atoms with Crippen LogP contribution in [0.1, 0.15) is 107 Å². The molecule has 1 amide bonds. The van der Waals surface area contributed by atoms with Gasteiger partial charge in [-0.15, -0.1) is 0 Å². The molecule has 0 fully saturated rings. The van der Waals surface area contributed by atoms with E-state index in [2.05, 4.69) is 12.2 Å². The second-order valence-corrected chi connectivity index (χ2v) is 11.8. The number of carbonyl (C=O) groups is 1. The van der Waals surface area contributed by atoms with Gasteiger partial charge >= 0.3 is 0 Å². The molecule has 38 heavy (non-hydrogen) atoms. The lowest BCUT2D eigenvalue weighted by molar-refractivity contribution is 0.0950. The number of phenols is 1. The number of hydrogen-bond acceptors (Lipinski definition) is 5. The summed E-state index contributed by atoms with van der Waals surface area (Å²) in [5, 5.41) is 23.9. The van der Waals surface area contributed by atoms with Crippen molar-refractivity contribution in [2.24, 2.45) is 0 Å². The molecular formula is C31H49NO5S. The predicted octanol–water partition coefficient (Wildman–Crippen LogP) is 6.88. The van der Waals surface area contributed by atoms with Gasteiger partial charge in [-0.2, -0.15) is 0 Å². The van der Waals surface area contributed by atoms with Crippen molar-refractivity contribution in [2.45, 2.75) is 96.8 Å². The zero-order chi connectivity index (χ0) is 27.4. The van der Waals surface area contributed by atoms with E-state index in [-0.39, 0.29) is 41.9 Å². The third-order valence-corrected chi connectivity index (χ3v) is 8.19. The molecule has 2 aromatic carbocycles. The zero-order valence-electron chi connectivity index (χ0n) is 23.3. The van der Waals surface area contributed by atoms with E-state index in [9.17, 15) is 14.1 Å². The quantitative estimate of drug-likeness (QED) is 0.140. The molecule has 0 aromatic heterocycles. The van der Waals surface area contributed by atoms with Gasteiger partial charge in [0.05, 0.1) is 24.5 Å². The zero-order valence-corrected chi connectivity index (χ0v) is 24.2. The lowest BCUT2D eigenvalue weighted by Crippen LogP contribution is -2.24. The Morgan fingerprint density at radius 1 is 0.842 bits per heavy atom. The van der Waals surface area contributed by atoms with Gasteiger partial charge in [-0.05, 0) is 12.5 Å². The van der Waals surface area contributed by atoms with E-state index in [0.717, 1.165) is 12.8 Å². The molecule has 0 spiro atoms. The first-order valence-corrected chi connectivity index (χ1v) is 16.2. The third-order valence-electron chi connectivity index (χ3n) is 6.93. The van der Waals surface area contributed by atoms with Crippen molar-refractivity contribution in [3.05, 3.63) is 35.9 Å². The molecule has 0 aliphatic rings. The van der Waals surface area contributed by atoms with Crippen molar-refractivity contribution < 1.29 is 24.0 Å². The minimum absolute atomic E-state index is 0.0599. The summed E-state index contributed by atoms with van der Waals surface area (Å²) in [7, 11) is -1.16. The van der Waals surface area contributed by atoms with Crippen LogP contribution >= 0.6 is 0 Å². The van der Waals surface area contributed by atoms with Crippen LogP contribution in [0.25, 0.3) is 10.8 Å². The number of phenolic OH excluding ortho intramolecular Hbond substituents is 1. The normalized spacial score (nSPS) is 12.1. The van der Waals surface area contributed by atoms with Gasteiger partial charge in [0, 0.05) is 33.9 Å². The number of nitrogens with one attached hydrogen (secondary N) is 1. The highest BCUT2D eigenvalue weighted by Crippen LogP contribution is 2.36. The maximum Gasteiger partial charge on any atom is 0.255 e. The van der Waals surface area contributed by atoms with Crippen LogP contribution in [0.4, 0.5) is 0 Å². The Hall–Kier alpha value is -2.12. The fourth-order valence-electron chi connectivity index (χ4n) is 4.68. The van der Waals surface area contributed by atoms with Crippen LogP contribution in [0.2, 0.25) is 0 Å². The first kappa shape index (κ1) is 32.1. The van der Waals surface area contributed by atoms with Crippen LogP contribution in [-0.2, 0) is 10.8 Å². The van der Waals surface area contributed by atoms with E-state index in [1.807, 2.05) is 12.1 Å². The first-order valence-electron chi connectivity index (χ1n) is 14.7. The van der Waals surface area contributed by atoms with E-state index >= 15 is 0 Å². The van der Waals surface area contributed by atoms with Gasteiger partial charge in [0.2, 0.25) is 0 Å². The van der Waals surface area contributed by atoms with Crippen molar-refractivity contribution in [2.75, 3.05) is 31.3 Å². The Morgan fingerprint density at radius 3 is 1.97 bits per heavy atom. The lowest BCUT2D eigenvalue weighted by atomic mass is 10.0. The number of carbonyl (C=O) groups excluding carboxylic acids is 1. The molecule has 0 saturated heterocycles. The smallest absolute Gasteiger partial charge is 0.255 e.